The molecule has 150 valence electrons. The van der Waals surface area contributed by atoms with Gasteiger partial charge in [0, 0.05) is 5.56 Å². The Morgan fingerprint density at radius 2 is 1.64 bits per heavy atom. The van der Waals surface area contributed by atoms with Crippen LogP contribution >= 0.6 is 0 Å². The summed E-state index contributed by atoms with van der Waals surface area (Å²) < 4.78 is 44.4. The highest BCUT2D eigenvalue weighted by molar-refractivity contribution is 6.01. The van der Waals surface area contributed by atoms with Crippen LogP contribution in [0.4, 0.5) is 8.78 Å². The molecule has 0 bridgehead atoms. The molecular formula is C20H20F2O6. The molecule has 1 atom stereocenters. The molecule has 0 aromatic heterocycles. The molecule has 0 saturated heterocycles. The first-order chi connectivity index (χ1) is 13.3. The third-order valence-corrected chi connectivity index (χ3v) is 3.72. The third-order valence-electron chi connectivity index (χ3n) is 3.72. The summed E-state index contributed by atoms with van der Waals surface area (Å²) in [6.07, 6.45) is -1.08. The van der Waals surface area contributed by atoms with Crippen LogP contribution in [0.3, 0.4) is 0 Å². The first kappa shape index (κ1) is 21.1. The van der Waals surface area contributed by atoms with Crippen LogP contribution in [0, 0.1) is 0 Å². The molecule has 0 radical (unpaired) electrons. The van der Waals surface area contributed by atoms with Gasteiger partial charge < -0.3 is 18.9 Å². The molecule has 0 N–H and O–H groups in total. The molecule has 0 spiro atoms. The largest absolute Gasteiger partial charge is 0.493 e. The van der Waals surface area contributed by atoms with E-state index in [1.807, 2.05) is 6.92 Å². The fraction of sp³-hybridized carbons (Fsp3) is 0.300. The lowest BCUT2D eigenvalue weighted by Crippen LogP contribution is -2.24. The van der Waals surface area contributed by atoms with Crippen LogP contribution in [0.5, 0.6) is 17.2 Å². The Balaban J connectivity index is 2.06. The van der Waals surface area contributed by atoms with E-state index in [1.165, 1.54) is 50.4 Å². The molecule has 2 rings (SSSR count). The van der Waals surface area contributed by atoms with Gasteiger partial charge in [0.05, 0.1) is 19.3 Å². The fourth-order valence-electron chi connectivity index (χ4n) is 2.39. The van der Waals surface area contributed by atoms with Crippen LogP contribution in [-0.2, 0) is 4.74 Å². The van der Waals surface area contributed by atoms with Crippen molar-refractivity contribution < 1.29 is 37.3 Å². The van der Waals surface area contributed by atoms with Gasteiger partial charge in [0.2, 0.25) is 5.78 Å². The minimum Gasteiger partial charge on any atom is -0.493 e. The first-order valence-corrected chi connectivity index (χ1v) is 8.46. The summed E-state index contributed by atoms with van der Waals surface area (Å²) in [6, 6.07) is 9.67. The SMILES string of the molecule is CCOc1ccc(C(=O)O[C@H](C)C(=O)c2ccc(OC(F)F)cc2)cc1OC. The van der Waals surface area contributed by atoms with Crippen molar-refractivity contribution in [3.8, 4) is 17.2 Å². The van der Waals surface area contributed by atoms with Gasteiger partial charge in [-0.3, -0.25) is 4.79 Å². The lowest BCUT2D eigenvalue weighted by molar-refractivity contribution is -0.0498. The molecule has 2 aromatic rings. The van der Waals surface area contributed by atoms with Crippen molar-refractivity contribution in [1.82, 2.24) is 0 Å². The summed E-state index contributed by atoms with van der Waals surface area (Å²) in [6.45, 7) is 0.733. The van der Waals surface area contributed by atoms with Gasteiger partial charge in [-0.2, -0.15) is 8.78 Å². The van der Waals surface area contributed by atoms with Gasteiger partial charge >= 0.3 is 12.6 Å². The molecular weight excluding hydrogens is 374 g/mol. The highest BCUT2D eigenvalue weighted by atomic mass is 19.3. The molecule has 28 heavy (non-hydrogen) atoms. The zero-order chi connectivity index (χ0) is 20.7. The quantitative estimate of drug-likeness (QED) is 0.471. The standard InChI is InChI=1S/C20H20F2O6/c1-4-26-16-10-7-14(11-17(16)25-3)19(24)27-12(2)18(23)13-5-8-15(9-6-13)28-20(21)22/h5-12,20H,4H2,1-3H3/t12-/m1/s1. The lowest BCUT2D eigenvalue weighted by atomic mass is 10.1. The second-order valence-electron chi connectivity index (χ2n) is 5.61. The maximum Gasteiger partial charge on any atom is 0.387 e. The van der Waals surface area contributed by atoms with E-state index >= 15 is 0 Å². The lowest BCUT2D eigenvalue weighted by Gasteiger charge is -2.14. The molecule has 0 unspecified atom stereocenters. The predicted molar refractivity (Wildman–Crippen MR) is 96.4 cm³/mol. The van der Waals surface area contributed by atoms with Crippen molar-refractivity contribution >= 4 is 11.8 Å². The average Bonchev–Trinajstić information content (AvgIpc) is 2.68. The number of benzene rings is 2. The number of ether oxygens (including phenoxy) is 4. The minimum absolute atomic E-state index is 0.0716. The second-order valence-corrected chi connectivity index (χ2v) is 5.61. The van der Waals surface area contributed by atoms with Gasteiger partial charge in [-0.15, -0.1) is 0 Å². The number of esters is 1. The summed E-state index contributed by atoms with van der Waals surface area (Å²) in [5.74, 6) is -0.408. The van der Waals surface area contributed by atoms with Crippen molar-refractivity contribution in [2.75, 3.05) is 13.7 Å². The van der Waals surface area contributed by atoms with E-state index < -0.39 is 24.5 Å². The Bertz CT molecular complexity index is 820. The highest BCUT2D eigenvalue weighted by Crippen LogP contribution is 2.28. The highest BCUT2D eigenvalue weighted by Gasteiger charge is 2.21. The Kier molecular flexibility index (Phi) is 7.31. The number of alkyl halides is 2. The van der Waals surface area contributed by atoms with Gasteiger partial charge in [0.25, 0.3) is 0 Å². The van der Waals surface area contributed by atoms with Crippen LogP contribution in [0.15, 0.2) is 42.5 Å². The zero-order valence-corrected chi connectivity index (χ0v) is 15.6. The van der Waals surface area contributed by atoms with E-state index in [2.05, 4.69) is 4.74 Å². The minimum atomic E-state index is -2.95. The molecule has 0 aliphatic rings. The van der Waals surface area contributed by atoms with E-state index in [1.54, 1.807) is 6.07 Å². The molecule has 0 heterocycles. The number of hydrogen-bond donors (Lipinski definition) is 0. The van der Waals surface area contributed by atoms with E-state index in [-0.39, 0.29) is 16.9 Å². The van der Waals surface area contributed by atoms with E-state index in [0.717, 1.165) is 0 Å². The second kappa shape index (κ2) is 9.68. The molecule has 8 heteroatoms. The fourth-order valence-corrected chi connectivity index (χ4v) is 2.39. The number of hydrogen-bond acceptors (Lipinski definition) is 6. The maximum atomic E-state index is 12.4. The van der Waals surface area contributed by atoms with Gasteiger partial charge in [-0.05, 0) is 56.3 Å². The molecule has 0 aliphatic heterocycles. The first-order valence-electron chi connectivity index (χ1n) is 8.46. The van der Waals surface area contributed by atoms with Gasteiger partial charge in [-0.25, -0.2) is 4.79 Å². The Hall–Kier alpha value is -3.16. The zero-order valence-electron chi connectivity index (χ0n) is 15.6. The van der Waals surface area contributed by atoms with Crippen molar-refractivity contribution in [2.24, 2.45) is 0 Å². The molecule has 0 amide bonds. The van der Waals surface area contributed by atoms with Crippen LogP contribution in [-0.4, -0.2) is 38.2 Å². The Morgan fingerprint density at radius 3 is 2.21 bits per heavy atom. The van der Waals surface area contributed by atoms with E-state index in [0.29, 0.717) is 18.1 Å². The molecule has 0 aliphatic carbocycles. The number of ketones is 1. The van der Waals surface area contributed by atoms with Gasteiger partial charge in [0.15, 0.2) is 17.6 Å². The summed E-state index contributed by atoms with van der Waals surface area (Å²) in [7, 11) is 1.44. The normalized spacial score (nSPS) is 11.6. The molecule has 6 nitrogen and oxygen atoms in total. The summed E-state index contributed by atoms with van der Waals surface area (Å²) >= 11 is 0. The summed E-state index contributed by atoms with van der Waals surface area (Å²) in [5.41, 5.74) is 0.395. The van der Waals surface area contributed by atoms with E-state index in [4.69, 9.17) is 14.2 Å². The number of halogens is 2. The van der Waals surface area contributed by atoms with Crippen LogP contribution in [0.2, 0.25) is 0 Å². The van der Waals surface area contributed by atoms with Gasteiger partial charge in [0.1, 0.15) is 5.75 Å². The average molecular weight is 394 g/mol. The number of methoxy groups -OCH3 is 1. The molecule has 2 aromatic carbocycles. The maximum absolute atomic E-state index is 12.4. The molecule has 0 fully saturated rings. The van der Waals surface area contributed by atoms with Crippen LogP contribution in [0.1, 0.15) is 34.6 Å². The van der Waals surface area contributed by atoms with Crippen molar-refractivity contribution in [1.29, 1.82) is 0 Å². The smallest absolute Gasteiger partial charge is 0.387 e. The van der Waals surface area contributed by atoms with Crippen molar-refractivity contribution in [3.05, 3.63) is 53.6 Å². The van der Waals surface area contributed by atoms with Crippen LogP contribution < -0.4 is 14.2 Å². The van der Waals surface area contributed by atoms with E-state index in [9.17, 15) is 18.4 Å². The topological polar surface area (TPSA) is 71.1 Å². The summed E-state index contributed by atoms with van der Waals surface area (Å²) in [5, 5.41) is 0. The van der Waals surface area contributed by atoms with Crippen LogP contribution in [0.25, 0.3) is 0 Å². The van der Waals surface area contributed by atoms with Crippen molar-refractivity contribution in [3.63, 3.8) is 0 Å². The Morgan fingerprint density at radius 1 is 1.00 bits per heavy atom. The monoisotopic (exact) mass is 394 g/mol. The predicted octanol–water partition coefficient (Wildman–Crippen LogP) is 4.12. The number of carbonyl (C=O) groups is 2. The summed E-state index contributed by atoms with van der Waals surface area (Å²) in [4.78, 5) is 24.7. The van der Waals surface area contributed by atoms with Crippen molar-refractivity contribution in [2.45, 2.75) is 26.6 Å². The number of rotatable bonds is 9. The molecule has 0 saturated carbocycles. The Labute approximate surface area is 161 Å². The van der Waals surface area contributed by atoms with Gasteiger partial charge in [-0.1, -0.05) is 0 Å². The number of carbonyl (C=O) groups excluding carboxylic acids is 2. The number of Topliss-reactive ketones (excluding diaryl/α,β-unsaturated/α-hetero) is 1. The third kappa shape index (κ3) is 5.42.